The molecule has 0 saturated heterocycles. The predicted octanol–water partition coefficient (Wildman–Crippen LogP) is 2.50. The van der Waals surface area contributed by atoms with Gasteiger partial charge in [0.1, 0.15) is 5.54 Å². The Bertz CT molecular complexity index is 433. The molecular weight excluding hydrogens is 234 g/mol. The Morgan fingerprint density at radius 1 is 1.37 bits per heavy atom. The summed E-state index contributed by atoms with van der Waals surface area (Å²) in [5.41, 5.74) is 0.496. The summed E-state index contributed by atoms with van der Waals surface area (Å²) in [5, 5.41) is 12.9. The molecule has 2 rings (SSSR count). The van der Waals surface area contributed by atoms with Crippen molar-refractivity contribution in [3.05, 3.63) is 35.9 Å². The van der Waals surface area contributed by atoms with E-state index in [1.165, 1.54) is 12.8 Å². The molecule has 19 heavy (non-hydrogen) atoms. The van der Waals surface area contributed by atoms with Crippen LogP contribution >= 0.6 is 0 Å². The van der Waals surface area contributed by atoms with Gasteiger partial charge in [-0.05, 0) is 38.4 Å². The summed E-state index contributed by atoms with van der Waals surface area (Å²) < 4.78 is 0. The van der Waals surface area contributed by atoms with E-state index >= 15 is 0 Å². The third-order valence-electron chi connectivity index (χ3n) is 4.13. The van der Waals surface area contributed by atoms with Gasteiger partial charge in [0.15, 0.2) is 0 Å². The Balaban J connectivity index is 2.09. The summed E-state index contributed by atoms with van der Waals surface area (Å²) in [6.45, 7) is 4.25. The van der Waals surface area contributed by atoms with Gasteiger partial charge in [-0.1, -0.05) is 37.3 Å². The number of rotatable bonds is 7. The second kappa shape index (κ2) is 6.18. The monoisotopic (exact) mass is 257 g/mol. The summed E-state index contributed by atoms with van der Waals surface area (Å²) in [4.78, 5) is 2.49. The third kappa shape index (κ3) is 3.15. The van der Waals surface area contributed by atoms with Crippen molar-refractivity contribution in [1.29, 1.82) is 5.26 Å². The molecule has 1 saturated carbocycles. The molecule has 1 aliphatic carbocycles. The zero-order valence-corrected chi connectivity index (χ0v) is 11.9. The molecule has 3 heteroatoms. The number of hydrogen-bond acceptors (Lipinski definition) is 3. The first-order chi connectivity index (χ1) is 9.25. The number of nitriles is 1. The minimum Gasteiger partial charge on any atom is -0.301 e. The fourth-order valence-corrected chi connectivity index (χ4v) is 2.66. The van der Waals surface area contributed by atoms with Gasteiger partial charge in [-0.3, -0.25) is 5.32 Å². The van der Waals surface area contributed by atoms with E-state index in [9.17, 15) is 5.26 Å². The molecule has 3 nitrogen and oxygen atoms in total. The average molecular weight is 257 g/mol. The van der Waals surface area contributed by atoms with Gasteiger partial charge in [0.05, 0.1) is 6.07 Å². The lowest BCUT2D eigenvalue weighted by Gasteiger charge is -2.30. The van der Waals surface area contributed by atoms with Crippen LogP contribution < -0.4 is 5.32 Å². The van der Waals surface area contributed by atoms with Crippen molar-refractivity contribution in [3.8, 4) is 6.07 Å². The first-order valence-electron chi connectivity index (χ1n) is 7.15. The van der Waals surface area contributed by atoms with Crippen LogP contribution in [0.25, 0.3) is 0 Å². The van der Waals surface area contributed by atoms with Gasteiger partial charge in [-0.2, -0.15) is 5.26 Å². The summed E-state index contributed by atoms with van der Waals surface area (Å²) in [5.74, 6) is 0. The van der Waals surface area contributed by atoms with E-state index in [4.69, 9.17) is 0 Å². The van der Waals surface area contributed by atoms with Crippen LogP contribution in [0, 0.1) is 11.3 Å². The highest BCUT2D eigenvalue weighted by Gasteiger charge is 2.33. The van der Waals surface area contributed by atoms with E-state index in [2.05, 4.69) is 23.2 Å². The molecule has 0 aromatic heterocycles. The largest absolute Gasteiger partial charge is 0.301 e. The lowest BCUT2D eigenvalue weighted by atomic mass is 9.88. The van der Waals surface area contributed by atoms with Gasteiger partial charge in [-0.15, -0.1) is 0 Å². The van der Waals surface area contributed by atoms with Crippen LogP contribution in [0.3, 0.4) is 0 Å². The molecule has 0 radical (unpaired) electrons. The second-order valence-electron chi connectivity index (χ2n) is 5.24. The molecule has 0 amide bonds. The Labute approximate surface area is 116 Å². The van der Waals surface area contributed by atoms with E-state index in [-0.39, 0.29) is 0 Å². The van der Waals surface area contributed by atoms with E-state index in [1.807, 2.05) is 37.4 Å². The molecule has 1 aromatic rings. The van der Waals surface area contributed by atoms with Gasteiger partial charge in [0, 0.05) is 12.6 Å². The fraction of sp³-hybridized carbons (Fsp3) is 0.562. The molecule has 1 aromatic carbocycles. The van der Waals surface area contributed by atoms with Gasteiger partial charge in [-0.25, -0.2) is 0 Å². The quantitative estimate of drug-likeness (QED) is 0.815. The lowest BCUT2D eigenvalue weighted by molar-refractivity contribution is 0.245. The summed E-state index contributed by atoms with van der Waals surface area (Å²) >= 11 is 0. The highest BCUT2D eigenvalue weighted by atomic mass is 15.2. The van der Waals surface area contributed by atoms with Crippen molar-refractivity contribution in [1.82, 2.24) is 10.2 Å². The maximum atomic E-state index is 9.64. The summed E-state index contributed by atoms with van der Waals surface area (Å²) in [6.07, 6.45) is 3.46. The van der Waals surface area contributed by atoms with E-state index in [0.29, 0.717) is 0 Å². The standard InChI is InChI=1S/C16H23N3/c1-3-19(15-9-10-15)12-11-16(13-17,18-2)14-7-5-4-6-8-14/h4-8,15,18H,3,9-12H2,1-2H3. The number of nitrogens with zero attached hydrogens (tertiary/aromatic N) is 2. The molecule has 1 aliphatic rings. The van der Waals surface area contributed by atoms with Crippen molar-refractivity contribution >= 4 is 0 Å². The first-order valence-corrected chi connectivity index (χ1v) is 7.15. The van der Waals surface area contributed by atoms with Crippen LogP contribution in [0.1, 0.15) is 31.7 Å². The molecule has 1 atom stereocenters. The van der Waals surface area contributed by atoms with Crippen molar-refractivity contribution in [2.75, 3.05) is 20.1 Å². The maximum absolute atomic E-state index is 9.64. The second-order valence-corrected chi connectivity index (χ2v) is 5.24. The lowest BCUT2D eigenvalue weighted by Crippen LogP contribution is -2.42. The molecular formula is C16H23N3. The summed E-state index contributed by atoms with van der Waals surface area (Å²) in [6, 6.07) is 13.3. The molecule has 1 unspecified atom stereocenters. The molecule has 0 heterocycles. The van der Waals surface area contributed by atoms with Gasteiger partial charge in [0.2, 0.25) is 0 Å². The van der Waals surface area contributed by atoms with Crippen molar-refractivity contribution in [3.63, 3.8) is 0 Å². The van der Waals surface area contributed by atoms with E-state index in [0.717, 1.165) is 31.1 Å². The number of benzene rings is 1. The highest BCUT2D eigenvalue weighted by Crippen LogP contribution is 2.29. The summed E-state index contributed by atoms with van der Waals surface area (Å²) in [7, 11) is 1.88. The molecule has 0 aliphatic heterocycles. The van der Waals surface area contributed by atoms with Gasteiger partial charge >= 0.3 is 0 Å². The zero-order chi connectivity index (χ0) is 13.7. The normalized spacial score (nSPS) is 18.0. The van der Waals surface area contributed by atoms with Crippen molar-refractivity contribution in [2.24, 2.45) is 0 Å². The molecule has 0 bridgehead atoms. The zero-order valence-electron chi connectivity index (χ0n) is 11.9. The van der Waals surface area contributed by atoms with Crippen LogP contribution in [-0.4, -0.2) is 31.1 Å². The molecule has 102 valence electrons. The van der Waals surface area contributed by atoms with Crippen LogP contribution in [0.5, 0.6) is 0 Å². The Kier molecular flexibility index (Phi) is 4.57. The van der Waals surface area contributed by atoms with Gasteiger partial charge < -0.3 is 4.90 Å². The van der Waals surface area contributed by atoms with Crippen molar-refractivity contribution < 1.29 is 0 Å². The highest BCUT2D eigenvalue weighted by molar-refractivity contribution is 5.31. The average Bonchev–Trinajstić information content (AvgIpc) is 3.30. The predicted molar refractivity (Wildman–Crippen MR) is 77.7 cm³/mol. The fourth-order valence-electron chi connectivity index (χ4n) is 2.66. The maximum Gasteiger partial charge on any atom is 0.133 e. The first kappa shape index (κ1) is 14.0. The van der Waals surface area contributed by atoms with Crippen molar-refractivity contribution in [2.45, 2.75) is 37.8 Å². The minimum absolute atomic E-state index is 0.566. The van der Waals surface area contributed by atoms with Crippen LogP contribution in [-0.2, 0) is 5.54 Å². The molecule has 1 N–H and O–H groups in total. The Morgan fingerprint density at radius 2 is 2.05 bits per heavy atom. The Hall–Kier alpha value is -1.37. The van der Waals surface area contributed by atoms with Crippen LogP contribution in [0.2, 0.25) is 0 Å². The minimum atomic E-state index is -0.566. The van der Waals surface area contributed by atoms with Crippen LogP contribution in [0.15, 0.2) is 30.3 Å². The van der Waals surface area contributed by atoms with Gasteiger partial charge in [0.25, 0.3) is 0 Å². The topological polar surface area (TPSA) is 39.1 Å². The third-order valence-corrected chi connectivity index (χ3v) is 4.13. The number of nitrogens with one attached hydrogen (secondary N) is 1. The molecule has 0 spiro atoms. The SMILES string of the molecule is CCN(CCC(C#N)(NC)c1ccccc1)C1CC1. The smallest absolute Gasteiger partial charge is 0.133 e. The Morgan fingerprint density at radius 3 is 2.53 bits per heavy atom. The molecule has 1 fully saturated rings. The van der Waals surface area contributed by atoms with E-state index < -0.39 is 5.54 Å². The van der Waals surface area contributed by atoms with Crippen LogP contribution in [0.4, 0.5) is 0 Å². The van der Waals surface area contributed by atoms with E-state index in [1.54, 1.807) is 0 Å². The number of hydrogen-bond donors (Lipinski definition) is 1.